The van der Waals surface area contributed by atoms with E-state index in [9.17, 15) is 5.11 Å². The zero-order valence-corrected chi connectivity index (χ0v) is 13.6. The average molecular weight is 313 g/mol. The van der Waals surface area contributed by atoms with Crippen molar-refractivity contribution in [2.45, 2.75) is 23.7 Å². The molecule has 3 heteroatoms. The number of phenols is 1. The lowest BCUT2D eigenvalue weighted by molar-refractivity contribution is 0.224. The van der Waals surface area contributed by atoms with Gasteiger partial charge in [0.1, 0.15) is 5.75 Å². The monoisotopic (exact) mass is 313 g/mol. The third-order valence-corrected chi connectivity index (χ3v) is 5.36. The summed E-state index contributed by atoms with van der Waals surface area (Å²) in [6, 6.07) is 18.4. The summed E-state index contributed by atoms with van der Waals surface area (Å²) in [5.74, 6) is 2.17. The van der Waals surface area contributed by atoms with Gasteiger partial charge in [0, 0.05) is 17.2 Å². The van der Waals surface area contributed by atoms with E-state index in [4.69, 9.17) is 0 Å². The zero-order valence-electron chi connectivity index (χ0n) is 12.8. The van der Waals surface area contributed by atoms with Crippen molar-refractivity contribution in [2.24, 2.45) is 0 Å². The number of hydrogen-bond acceptors (Lipinski definition) is 3. The molecule has 0 saturated carbocycles. The molecule has 0 unspecified atom stereocenters. The third kappa shape index (κ3) is 4.28. The van der Waals surface area contributed by atoms with Crippen LogP contribution in [0.25, 0.3) is 0 Å². The highest BCUT2D eigenvalue weighted by Gasteiger charge is 2.20. The number of nitrogens with zero attached hydrogens (tertiary/aromatic N) is 1. The van der Waals surface area contributed by atoms with Gasteiger partial charge in [-0.2, -0.15) is 0 Å². The summed E-state index contributed by atoms with van der Waals surface area (Å²) >= 11 is 1.94. The smallest absolute Gasteiger partial charge is 0.115 e. The van der Waals surface area contributed by atoms with Crippen LogP contribution in [-0.4, -0.2) is 35.4 Å². The fourth-order valence-electron chi connectivity index (χ4n) is 3.05. The number of piperidine rings is 1. The van der Waals surface area contributed by atoms with Gasteiger partial charge in [0.05, 0.1) is 0 Å². The molecule has 2 nitrogen and oxygen atoms in total. The van der Waals surface area contributed by atoms with Gasteiger partial charge in [-0.25, -0.2) is 0 Å². The third-order valence-electron chi connectivity index (χ3n) is 4.37. The molecule has 1 aliphatic heterocycles. The van der Waals surface area contributed by atoms with Gasteiger partial charge < -0.3 is 10.0 Å². The molecule has 1 aliphatic rings. The van der Waals surface area contributed by atoms with Gasteiger partial charge in [-0.1, -0.05) is 30.3 Å². The highest BCUT2D eigenvalue weighted by molar-refractivity contribution is 7.99. The fourth-order valence-corrected chi connectivity index (χ4v) is 3.98. The molecule has 3 rings (SSSR count). The van der Waals surface area contributed by atoms with Crippen LogP contribution in [0.5, 0.6) is 5.75 Å². The number of aromatic hydroxyl groups is 1. The molecule has 0 amide bonds. The summed E-state index contributed by atoms with van der Waals surface area (Å²) in [7, 11) is 0. The first-order chi connectivity index (χ1) is 10.8. The van der Waals surface area contributed by atoms with Crippen molar-refractivity contribution in [2.75, 3.05) is 25.4 Å². The quantitative estimate of drug-likeness (QED) is 0.830. The van der Waals surface area contributed by atoms with Crippen LogP contribution in [0, 0.1) is 0 Å². The Bertz CT molecular complexity index is 562. The van der Waals surface area contributed by atoms with Gasteiger partial charge in [-0.3, -0.25) is 0 Å². The highest BCUT2D eigenvalue weighted by atomic mass is 32.2. The minimum atomic E-state index is 0.360. The van der Waals surface area contributed by atoms with E-state index in [0.717, 1.165) is 5.75 Å². The van der Waals surface area contributed by atoms with Crippen LogP contribution in [0.1, 0.15) is 24.3 Å². The van der Waals surface area contributed by atoms with Gasteiger partial charge in [0.25, 0.3) is 0 Å². The van der Waals surface area contributed by atoms with E-state index >= 15 is 0 Å². The van der Waals surface area contributed by atoms with Crippen LogP contribution in [0.2, 0.25) is 0 Å². The lowest BCUT2D eigenvalue weighted by Gasteiger charge is -2.32. The molecule has 1 saturated heterocycles. The Hall–Kier alpha value is -1.45. The van der Waals surface area contributed by atoms with E-state index in [1.165, 1.54) is 42.9 Å². The molecule has 1 fully saturated rings. The van der Waals surface area contributed by atoms with Crippen molar-refractivity contribution in [3.8, 4) is 5.75 Å². The van der Waals surface area contributed by atoms with Gasteiger partial charge in [-0.05, 0) is 61.7 Å². The van der Waals surface area contributed by atoms with Crippen molar-refractivity contribution in [1.82, 2.24) is 4.90 Å². The number of thioether (sulfide) groups is 1. The minimum Gasteiger partial charge on any atom is -0.508 e. The Morgan fingerprint density at radius 3 is 2.32 bits per heavy atom. The largest absolute Gasteiger partial charge is 0.508 e. The predicted octanol–water partition coefficient (Wildman–Crippen LogP) is 4.36. The molecule has 116 valence electrons. The van der Waals surface area contributed by atoms with E-state index in [0.29, 0.717) is 11.7 Å². The maximum absolute atomic E-state index is 9.38. The molecule has 2 aromatic rings. The molecule has 0 aliphatic carbocycles. The number of likely N-dealkylation sites (tertiary alicyclic amines) is 1. The minimum absolute atomic E-state index is 0.360. The molecular formula is C19H23NOS. The first-order valence-corrected chi connectivity index (χ1v) is 8.99. The molecule has 0 aromatic heterocycles. The summed E-state index contributed by atoms with van der Waals surface area (Å²) in [4.78, 5) is 3.94. The number of benzene rings is 2. The Labute approximate surface area is 137 Å². The van der Waals surface area contributed by atoms with Gasteiger partial charge >= 0.3 is 0 Å². The fraction of sp³-hybridized carbons (Fsp3) is 0.368. The normalized spacial score (nSPS) is 16.7. The van der Waals surface area contributed by atoms with E-state index in [1.807, 2.05) is 11.8 Å². The standard InChI is InChI=1S/C19H23NOS/c21-18-8-6-16(7-9-18)17-10-12-20(13-11-17)14-15-22-19-4-2-1-3-5-19/h1-9,17,21H,10-15H2. The summed E-state index contributed by atoms with van der Waals surface area (Å²) < 4.78 is 0. The molecule has 1 heterocycles. The van der Waals surface area contributed by atoms with E-state index in [2.05, 4.69) is 47.4 Å². The van der Waals surface area contributed by atoms with Crippen molar-refractivity contribution >= 4 is 11.8 Å². The summed E-state index contributed by atoms with van der Waals surface area (Å²) in [5, 5.41) is 9.38. The number of phenolic OH excluding ortho intramolecular Hbond substituents is 1. The topological polar surface area (TPSA) is 23.5 Å². The highest BCUT2D eigenvalue weighted by Crippen LogP contribution is 2.29. The van der Waals surface area contributed by atoms with E-state index < -0.39 is 0 Å². The molecule has 1 N–H and O–H groups in total. The maximum atomic E-state index is 9.38. The number of hydrogen-bond donors (Lipinski definition) is 1. The van der Waals surface area contributed by atoms with E-state index in [1.54, 1.807) is 12.1 Å². The second kappa shape index (κ2) is 7.70. The van der Waals surface area contributed by atoms with Crippen molar-refractivity contribution < 1.29 is 5.11 Å². The second-order valence-corrected chi connectivity index (χ2v) is 7.04. The molecule has 0 spiro atoms. The van der Waals surface area contributed by atoms with Crippen LogP contribution >= 0.6 is 11.8 Å². The molecule has 2 aromatic carbocycles. The van der Waals surface area contributed by atoms with Crippen LogP contribution in [0.3, 0.4) is 0 Å². The van der Waals surface area contributed by atoms with Crippen molar-refractivity contribution in [1.29, 1.82) is 0 Å². The van der Waals surface area contributed by atoms with Crippen molar-refractivity contribution in [3.05, 3.63) is 60.2 Å². The predicted molar refractivity (Wildman–Crippen MR) is 93.7 cm³/mol. The van der Waals surface area contributed by atoms with Crippen LogP contribution < -0.4 is 0 Å². The van der Waals surface area contributed by atoms with E-state index in [-0.39, 0.29) is 0 Å². The Balaban J connectivity index is 1.41. The van der Waals surface area contributed by atoms with Gasteiger partial charge in [0.15, 0.2) is 0 Å². The summed E-state index contributed by atoms with van der Waals surface area (Å²) in [6.45, 7) is 3.53. The first kappa shape index (κ1) is 15.4. The average Bonchev–Trinajstić information content (AvgIpc) is 2.57. The zero-order chi connectivity index (χ0) is 15.2. The Kier molecular flexibility index (Phi) is 5.41. The van der Waals surface area contributed by atoms with Crippen LogP contribution in [0.15, 0.2) is 59.5 Å². The lowest BCUT2D eigenvalue weighted by Crippen LogP contribution is -2.34. The first-order valence-electron chi connectivity index (χ1n) is 8.00. The summed E-state index contributed by atoms with van der Waals surface area (Å²) in [5.41, 5.74) is 1.37. The maximum Gasteiger partial charge on any atom is 0.115 e. The Morgan fingerprint density at radius 1 is 0.955 bits per heavy atom. The van der Waals surface area contributed by atoms with Crippen molar-refractivity contribution in [3.63, 3.8) is 0 Å². The van der Waals surface area contributed by atoms with Crippen LogP contribution in [-0.2, 0) is 0 Å². The lowest BCUT2D eigenvalue weighted by atomic mass is 9.89. The molecule has 0 radical (unpaired) electrons. The second-order valence-electron chi connectivity index (χ2n) is 5.87. The van der Waals surface area contributed by atoms with Crippen LogP contribution in [0.4, 0.5) is 0 Å². The molecule has 0 atom stereocenters. The van der Waals surface area contributed by atoms with Gasteiger partial charge in [0.2, 0.25) is 0 Å². The molecule has 22 heavy (non-hydrogen) atoms. The Morgan fingerprint density at radius 2 is 1.64 bits per heavy atom. The van der Waals surface area contributed by atoms with Gasteiger partial charge in [-0.15, -0.1) is 11.8 Å². The number of rotatable bonds is 5. The molecule has 0 bridgehead atoms. The SMILES string of the molecule is Oc1ccc(C2CCN(CCSc3ccccc3)CC2)cc1. The summed E-state index contributed by atoms with van der Waals surface area (Å²) in [6.07, 6.45) is 2.45. The molecular weight excluding hydrogens is 290 g/mol.